The van der Waals surface area contributed by atoms with E-state index in [1.807, 2.05) is 30.2 Å². The molecule has 0 aromatic carbocycles. The summed E-state index contributed by atoms with van der Waals surface area (Å²) in [6.07, 6.45) is 9.13. The first-order valence-electron chi connectivity index (χ1n) is 9.50. The second-order valence-electron chi connectivity index (χ2n) is 7.91. The Hall–Kier alpha value is -1.88. The lowest BCUT2D eigenvalue weighted by Crippen LogP contribution is -2.49. The van der Waals surface area contributed by atoms with E-state index in [0.29, 0.717) is 5.41 Å². The molecule has 5 nitrogen and oxygen atoms in total. The lowest BCUT2D eigenvalue weighted by molar-refractivity contribution is 0.0597. The smallest absolute Gasteiger partial charge is 0.0767 e. The fourth-order valence-corrected chi connectivity index (χ4v) is 4.57. The monoisotopic (exact) mass is 339 g/mol. The first kappa shape index (κ1) is 16.6. The third kappa shape index (κ3) is 3.56. The molecule has 2 aliphatic rings. The van der Waals surface area contributed by atoms with E-state index < -0.39 is 0 Å². The average molecular weight is 339 g/mol. The molecular formula is C20H29N5. The van der Waals surface area contributed by atoms with E-state index in [-0.39, 0.29) is 0 Å². The van der Waals surface area contributed by atoms with Gasteiger partial charge < -0.3 is 4.90 Å². The highest BCUT2D eigenvalue weighted by Gasteiger charge is 2.38. The third-order valence-corrected chi connectivity index (χ3v) is 6.13. The molecule has 5 heteroatoms. The number of rotatable bonds is 3. The highest BCUT2D eigenvalue weighted by atomic mass is 15.3. The Balaban J connectivity index is 1.38. The molecule has 0 bridgehead atoms. The zero-order chi connectivity index (χ0) is 17.3. The molecule has 0 aliphatic carbocycles. The molecule has 2 aliphatic heterocycles. The summed E-state index contributed by atoms with van der Waals surface area (Å²) in [6, 6.07) is 6.45. The van der Waals surface area contributed by atoms with Crippen molar-refractivity contribution in [2.45, 2.75) is 39.2 Å². The SMILES string of the molecule is Cc1cc(CN2CCCC3(CCN(c4cccnc4)CC3)C2)nn1C. The van der Waals surface area contributed by atoms with Crippen LogP contribution < -0.4 is 4.90 Å². The minimum atomic E-state index is 0.501. The number of anilines is 1. The number of hydrogen-bond donors (Lipinski definition) is 0. The van der Waals surface area contributed by atoms with Crippen LogP contribution in [0.15, 0.2) is 30.6 Å². The fourth-order valence-electron chi connectivity index (χ4n) is 4.57. The van der Waals surface area contributed by atoms with Gasteiger partial charge in [0, 0.05) is 45.1 Å². The Morgan fingerprint density at radius 3 is 2.68 bits per heavy atom. The molecule has 134 valence electrons. The summed E-state index contributed by atoms with van der Waals surface area (Å²) < 4.78 is 1.99. The predicted octanol–water partition coefficient (Wildman–Crippen LogP) is 3.01. The molecule has 0 N–H and O–H groups in total. The van der Waals surface area contributed by atoms with Crippen molar-refractivity contribution in [3.8, 4) is 0 Å². The number of hydrogen-bond acceptors (Lipinski definition) is 4. The van der Waals surface area contributed by atoms with Crippen molar-refractivity contribution in [3.05, 3.63) is 42.0 Å². The van der Waals surface area contributed by atoms with Crippen molar-refractivity contribution >= 4 is 5.69 Å². The van der Waals surface area contributed by atoms with Gasteiger partial charge in [-0.15, -0.1) is 0 Å². The van der Waals surface area contributed by atoms with E-state index in [1.54, 1.807) is 0 Å². The largest absolute Gasteiger partial charge is 0.370 e. The molecule has 2 saturated heterocycles. The summed E-state index contributed by atoms with van der Waals surface area (Å²) in [7, 11) is 2.03. The predicted molar refractivity (Wildman–Crippen MR) is 101 cm³/mol. The maximum absolute atomic E-state index is 4.65. The molecule has 0 saturated carbocycles. The first-order chi connectivity index (χ1) is 12.1. The van der Waals surface area contributed by atoms with Gasteiger partial charge in [-0.2, -0.15) is 5.10 Å². The van der Waals surface area contributed by atoms with Crippen LogP contribution in [0.2, 0.25) is 0 Å². The van der Waals surface area contributed by atoms with Crippen molar-refractivity contribution in [1.82, 2.24) is 19.7 Å². The minimum Gasteiger partial charge on any atom is -0.370 e. The summed E-state index contributed by atoms with van der Waals surface area (Å²) >= 11 is 0. The quantitative estimate of drug-likeness (QED) is 0.861. The van der Waals surface area contributed by atoms with E-state index in [1.165, 1.54) is 55.8 Å². The van der Waals surface area contributed by atoms with Gasteiger partial charge in [0.05, 0.1) is 17.6 Å². The van der Waals surface area contributed by atoms with Crippen molar-refractivity contribution in [3.63, 3.8) is 0 Å². The first-order valence-corrected chi connectivity index (χ1v) is 9.50. The van der Waals surface area contributed by atoms with Crippen LogP contribution in [0.25, 0.3) is 0 Å². The normalized spacial score (nSPS) is 21.0. The van der Waals surface area contributed by atoms with Gasteiger partial charge in [-0.3, -0.25) is 14.6 Å². The summed E-state index contributed by atoms with van der Waals surface area (Å²) in [4.78, 5) is 9.40. The molecular weight excluding hydrogens is 310 g/mol. The molecule has 0 unspecified atom stereocenters. The van der Waals surface area contributed by atoms with E-state index in [4.69, 9.17) is 0 Å². The molecule has 2 fully saturated rings. The molecule has 4 heterocycles. The van der Waals surface area contributed by atoms with Crippen LogP contribution in [0.1, 0.15) is 37.1 Å². The average Bonchev–Trinajstić information content (AvgIpc) is 2.94. The molecule has 2 aromatic rings. The Bertz CT molecular complexity index is 681. The number of pyridine rings is 1. The standard InChI is InChI=1S/C20H29N5/c1-17-13-18(22-23(17)2)15-24-10-4-6-20(16-24)7-11-25(12-8-20)19-5-3-9-21-14-19/h3,5,9,13-14H,4,6-8,10-12,15-16H2,1-2H3. The topological polar surface area (TPSA) is 37.2 Å². The van der Waals surface area contributed by atoms with E-state index >= 15 is 0 Å². The highest BCUT2D eigenvalue weighted by Crippen LogP contribution is 2.41. The van der Waals surface area contributed by atoms with Crippen LogP contribution >= 0.6 is 0 Å². The molecule has 25 heavy (non-hydrogen) atoms. The van der Waals surface area contributed by atoms with E-state index in [2.05, 4.69) is 38.9 Å². The summed E-state index contributed by atoms with van der Waals surface area (Å²) in [5.41, 5.74) is 4.23. The lowest BCUT2D eigenvalue weighted by atomic mass is 9.72. The number of piperidine rings is 2. The molecule has 2 aromatic heterocycles. The number of aryl methyl sites for hydroxylation is 2. The molecule has 0 amide bonds. The minimum absolute atomic E-state index is 0.501. The number of nitrogens with zero attached hydrogens (tertiary/aromatic N) is 5. The van der Waals surface area contributed by atoms with Crippen molar-refractivity contribution in [2.75, 3.05) is 31.1 Å². The van der Waals surface area contributed by atoms with Gasteiger partial charge in [0.1, 0.15) is 0 Å². The summed E-state index contributed by atoms with van der Waals surface area (Å²) in [6.45, 7) is 7.87. The molecule has 1 spiro atoms. The van der Waals surface area contributed by atoms with Gasteiger partial charge >= 0.3 is 0 Å². The Morgan fingerprint density at radius 1 is 1.16 bits per heavy atom. The van der Waals surface area contributed by atoms with Gasteiger partial charge in [-0.1, -0.05) is 0 Å². The Morgan fingerprint density at radius 2 is 2.00 bits per heavy atom. The van der Waals surface area contributed by atoms with Gasteiger partial charge in [0.15, 0.2) is 0 Å². The second-order valence-corrected chi connectivity index (χ2v) is 7.91. The van der Waals surface area contributed by atoms with Gasteiger partial charge in [0.2, 0.25) is 0 Å². The Kier molecular flexibility index (Phi) is 4.50. The van der Waals surface area contributed by atoms with Crippen molar-refractivity contribution in [1.29, 1.82) is 0 Å². The van der Waals surface area contributed by atoms with Gasteiger partial charge in [0.25, 0.3) is 0 Å². The van der Waals surface area contributed by atoms with Crippen LogP contribution in [0.3, 0.4) is 0 Å². The molecule has 4 rings (SSSR count). The van der Waals surface area contributed by atoms with Crippen LogP contribution in [0, 0.1) is 12.3 Å². The zero-order valence-corrected chi connectivity index (χ0v) is 15.5. The maximum Gasteiger partial charge on any atom is 0.0767 e. The maximum atomic E-state index is 4.65. The van der Waals surface area contributed by atoms with E-state index in [9.17, 15) is 0 Å². The molecule has 0 radical (unpaired) electrons. The molecule has 0 atom stereocenters. The van der Waals surface area contributed by atoms with Crippen LogP contribution in [-0.2, 0) is 13.6 Å². The highest BCUT2D eigenvalue weighted by molar-refractivity contribution is 5.44. The van der Waals surface area contributed by atoms with Crippen molar-refractivity contribution in [2.24, 2.45) is 12.5 Å². The zero-order valence-electron chi connectivity index (χ0n) is 15.5. The number of likely N-dealkylation sites (tertiary alicyclic amines) is 1. The fraction of sp³-hybridized carbons (Fsp3) is 0.600. The van der Waals surface area contributed by atoms with Crippen LogP contribution in [-0.4, -0.2) is 45.8 Å². The van der Waals surface area contributed by atoms with Crippen molar-refractivity contribution < 1.29 is 0 Å². The van der Waals surface area contributed by atoms with Crippen LogP contribution in [0.4, 0.5) is 5.69 Å². The van der Waals surface area contributed by atoms with Gasteiger partial charge in [-0.25, -0.2) is 0 Å². The lowest BCUT2D eigenvalue weighted by Gasteiger charge is -2.48. The second kappa shape index (κ2) is 6.79. The van der Waals surface area contributed by atoms with E-state index in [0.717, 1.165) is 19.6 Å². The summed E-state index contributed by atoms with van der Waals surface area (Å²) in [5, 5.41) is 4.65. The number of aromatic nitrogens is 3. The summed E-state index contributed by atoms with van der Waals surface area (Å²) in [5.74, 6) is 0. The third-order valence-electron chi connectivity index (χ3n) is 6.13. The van der Waals surface area contributed by atoms with Crippen LogP contribution in [0.5, 0.6) is 0 Å². The Labute approximate surface area is 150 Å². The van der Waals surface area contributed by atoms with Gasteiger partial charge in [-0.05, 0) is 62.8 Å².